The van der Waals surface area contributed by atoms with Gasteiger partial charge in [-0.25, -0.2) is 4.68 Å². The Hall–Kier alpha value is -1.23. The SMILES string of the molecule is C=Cn1nnnc1CN(C)C.CC.CC. The van der Waals surface area contributed by atoms with Crippen molar-refractivity contribution in [1.82, 2.24) is 25.1 Å². The van der Waals surface area contributed by atoms with Gasteiger partial charge in [0, 0.05) is 6.20 Å². The van der Waals surface area contributed by atoms with Crippen molar-refractivity contribution in [3.8, 4) is 0 Å². The van der Waals surface area contributed by atoms with Crippen LogP contribution in [0.3, 0.4) is 0 Å². The van der Waals surface area contributed by atoms with Crippen LogP contribution in [0.4, 0.5) is 0 Å². The average Bonchev–Trinajstić information content (AvgIpc) is 2.70. The maximum Gasteiger partial charge on any atom is 0.169 e. The maximum absolute atomic E-state index is 3.82. The van der Waals surface area contributed by atoms with Gasteiger partial charge in [-0.05, 0) is 24.5 Å². The molecule has 0 bridgehead atoms. The lowest BCUT2D eigenvalue weighted by Crippen LogP contribution is -2.14. The highest BCUT2D eigenvalue weighted by molar-refractivity contribution is 5.14. The monoisotopic (exact) mass is 213 g/mol. The Morgan fingerprint density at radius 3 is 2.20 bits per heavy atom. The molecule has 1 aromatic heterocycles. The van der Waals surface area contributed by atoms with Gasteiger partial charge in [-0.1, -0.05) is 34.3 Å². The van der Waals surface area contributed by atoms with E-state index in [1.54, 1.807) is 10.9 Å². The summed E-state index contributed by atoms with van der Waals surface area (Å²) in [7, 11) is 3.92. The van der Waals surface area contributed by atoms with E-state index in [4.69, 9.17) is 0 Å². The van der Waals surface area contributed by atoms with Crippen molar-refractivity contribution in [1.29, 1.82) is 0 Å². The molecule has 0 saturated carbocycles. The van der Waals surface area contributed by atoms with E-state index in [0.29, 0.717) is 0 Å². The fourth-order valence-corrected chi connectivity index (χ4v) is 0.741. The molecule has 88 valence electrons. The van der Waals surface area contributed by atoms with Crippen LogP contribution in [0.15, 0.2) is 6.58 Å². The molecule has 5 nitrogen and oxygen atoms in total. The van der Waals surface area contributed by atoms with Crippen molar-refractivity contribution < 1.29 is 0 Å². The third-order valence-corrected chi connectivity index (χ3v) is 1.19. The molecule has 15 heavy (non-hydrogen) atoms. The van der Waals surface area contributed by atoms with E-state index in [1.807, 2.05) is 46.7 Å². The number of aromatic nitrogens is 4. The van der Waals surface area contributed by atoms with Gasteiger partial charge in [-0.15, -0.1) is 5.10 Å². The van der Waals surface area contributed by atoms with Crippen LogP contribution in [-0.4, -0.2) is 39.2 Å². The van der Waals surface area contributed by atoms with Crippen LogP contribution in [-0.2, 0) is 6.54 Å². The summed E-state index contributed by atoms with van der Waals surface area (Å²) >= 11 is 0. The molecule has 0 atom stereocenters. The summed E-state index contributed by atoms with van der Waals surface area (Å²) in [6, 6.07) is 0. The minimum Gasteiger partial charge on any atom is -0.302 e. The van der Waals surface area contributed by atoms with Crippen LogP contribution in [0.5, 0.6) is 0 Å². The zero-order valence-corrected chi connectivity index (χ0v) is 10.7. The molecule has 1 rings (SSSR count). The molecule has 0 radical (unpaired) electrons. The van der Waals surface area contributed by atoms with Gasteiger partial charge < -0.3 is 4.90 Å². The molecule has 0 aromatic carbocycles. The van der Waals surface area contributed by atoms with Gasteiger partial charge >= 0.3 is 0 Å². The van der Waals surface area contributed by atoms with E-state index in [2.05, 4.69) is 22.1 Å². The molecule has 0 aliphatic heterocycles. The fraction of sp³-hybridized carbons (Fsp3) is 0.700. The lowest BCUT2D eigenvalue weighted by atomic mass is 10.5. The molecule has 0 N–H and O–H groups in total. The zero-order valence-electron chi connectivity index (χ0n) is 10.7. The van der Waals surface area contributed by atoms with E-state index in [-0.39, 0.29) is 0 Å². The highest BCUT2D eigenvalue weighted by Crippen LogP contribution is 1.94. The van der Waals surface area contributed by atoms with Crippen LogP contribution in [0.25, 0.3) is 6.20 Å². The van der Waals surface area contributed by atoms with Crippen molar-refractivity contribution in [2.45, 2.75) is 34.2 Å². The zero-order chi connectivity index (χ0) is 12.3. The van der Waals surface area contributed by atoms with Crippen LogP contribution < -0.4 is 0 Å². The van der Waals surface area contributed by atoms with E-state index < -0.39 is 0 Å². The lowest BCUT2D eigenvalue weighted by molar-refractivity contribution is 0.387. The number of hydrogen-bond acceptors (Lipinski definition) is 4. The van der Waals surface area contributed by atoms with Gasteiger partial charge in [0.25, 0.3) is 0 Å². The summed E-state index contributed by atoms with van der Waals surface area (Å²) in [5.41, 5.74) is 0. The first kappa shape index (κ1) is 16.2. The first-order valence-electron chi connectivity index (χ1n) is 5.28. The first-order chi connectivity index (χ1) is 7.24. The van der Waals surface area contributed by atoms with Crippen molar-refractivity contribution in [2.24, 2.45) is 0 Å². The van der Waals surface area contributed by atoms with Crippen LogP contribution >= 0.6 is 0 Å². The first-order valence-corrected chi connectivity index (χ1v) is 5.28. The van der Waals surface area contributed by atoms with Crippen molar-refractivity contribution in [2.75, 3.05) is 14.1 Å². The summed E-state index contributed by atoms with van der Waals surface area (Å²) in [5, 5.41) is 11.0. The molecule has 0 aliphatic rings. The molecular formula is C10H23N5. The third kappa shape index (κ3) is 6.79. The normalized spacial score (nSPS) is 8.47. The van der Waals surface area contributed by atoms with E-state index in [1.165, 1.54) is 0 Å². The molecule has 0 amide bonds. The smallest absolute Gasteiger partial charge is 0.169 e. The van der Waals surface area contributed by atoms with Crippen molar-refractivity contribution in [3.63, 3.8) is 0 Å². The fourth-order valence-electron chi connectivity index (χ4n) is 0.741. The molecule has 0 fully saturated rings. The Balaban J connectivity index is 0. The van der Waals surface area contributed by atoms with Gasteiger partial charge in [0.15, 0.2) is 5.82 Å². The second-order valence-corrected chi connectivity index (χ2v) is 2.46. The Morgan fingerprint density at radius 2 is 1.80 bits per heavy atom. The van der Waals surface area contributed by atoms with E-state index >= 15 is 0 Å². The molecule has 0 spiro atoms. The number of tetrazole rings is 1. The summed E-state index contributed by atoms with van der Waals surface area (Å²) in [6.07, 6.45) is 1.58. The van der Waals surface area contributed by atoms with Gasteiger partial charge in [-0.3, -0.25) is 0 Å². The minimum atomic E-state index is 0.721. The summed E-state index contributed by atoms with van der Waals surface area (Å²) in [6.45, 7) is 12.3. The Bertz CT molecular complexity index is 242. The van der Waals surface area contributed by atoms with Crippen molar-refractivity contribution in [3.05, 3.63) is 12.4 Å². The van der Waals surface area contributed by atoms with Crippen LogP contribution in [0.1, 0.15) is 33.5 Å². The van der Waals surface area contributed by atoms with Gasteiger partial charge in [-0.2, -0.15) is 0 Å². The van der Waals surface area contributed by atoms with E-state index in [9.17, 15) is 0 Å². The van der Waals surface area contributed by atoms with Crippen LogP contribution in [0, 0.1) is 0 Å². The summed E-state index contributed by atoms with van der Waals surface area (Å²) < 4.78 is 1.56. The lowest BCUT2D eigenvalue weighted by Gasteiger charge is -2.06. The van der Waals surface area contributed by atoms with Crippen LogP contribution in [0.2, 0.25) is 0 Å². The van der Waals surface area contributed by atoms with E-state index in [0.717, 1.165) is 12.4 Å². The van der Waals surface area contributed by atoms with Gasteiger partial charge in [0.2, 0.25) is 0 Å². The Morgan fingerprint density at radius 1 is 1.27 bits per heavy atom. The second kappa shape index (κ2) is 10.8. The molecule has 1 aromatic rings. The average molecular weight is 213 g/mol. The third-order valence-electron chi connectivity index (χ3n) is 1.19. The standard InChI is InChI=1S/C6H11N5.2C2H6/c1-4-11-6(5-10(2)3)7-8-9-11;2*1-2/h4H,1,5H2,2-3H3;2*1-2H3. The number of rotatable bonds is 3. The Kier molecular flexibility index (Phi) is 11.7. The summed E-state index contributed by atoms with van der Waals surface area (Å²) in [5.74, 6) is 0.796. The highest BCUT2D eigenvalue weighted by atomic mass is 15.5. The molecule has 5 heteroatoms. The topological polar surface area (TPSA) is 46.8 Å². The molecule has 0 saturated heterocycles. The molecule has 0 unspecified atom stereocenters. The highest BCUT2D eigenvalue weighted by Gasteiger charge is 2.02. The second-order valence-electron chi connectivity index (χ2n) is 2.46. The largest absolute Gasteiger partial charge is 0.302 e. The molecule has 0 aliphatic carbocycles. The molecular weight excluding hydrogens is 190 g/mol. The predicted molar refractivity (Wildman–Crippen MR) is 64.3 cm³/mol. The minimum absolute atomic E-state index is 0.721. The quantitative estimate of drug-likeness (QED) is 0.769. The molecule has 1 heterocycles. The number of nitrogens with zero attached hydrogens (tertiary/aromatic N) is 5. The Labute approximate surface area is 92.8 Å². The van der Waals surface area contributed by atoms with Crippen molar-refractivity contribution >= 4 is 6.20 Å². The number of hydrogen-bond donors (Lipinski definition) is 0. The predicted octanol–water partition coefficient (Wildman–Crippen LogP) is 1.89. The maximum atomic E-state index is 3.82. The van der Waals surface area contributed by atoms with Gasteiger partial charge in [0.05, 0.1) is 6.54 Å². The summed E-state index contributed by atoms with van der Waals surface area (Å²) in [4.78, 5) is 1.99. The van der Waals surface area contributed by atoms with Gasteiger partial charge in [0.1, 0.15) is 0 Å².